The van der Waals surface area contributed by atoms with Crippen LogP contribution in [0.4, 0.5) is 4.39 Å². The van der Waals surface area contributed by atoms with E-state index in [9.17, 15) is 4.39 Å². The van der Waals surface area contributed by atoms with Gasteiger partial charge in [-0.25, -0.2) is 0 Å². The molecule has 67 heavy (non-hydrogen) atoms. The minimum Gasteiger partial charge on any atom is -0.333 e. The molecule has 0 amide bonds. The van der Waals surface area contributed by atoms with E-state index in [-0.39, 0.29) is 31.3 Å². The molecule has 3 aromatic heterocycles. The number of benzene rings is 7. The van der Waals surface area contributed by atoms with Crippen LogP contribution in [-0.4, -0.2) is 22.6 Å². The smallest absolute Gasteiger partial charge is 0.0852 e. The maximum Gasteiger partial charge on any atom is 0.0852 e. The first-order chi connectivity index (χ1) is 32.0. The van der Waals surface area contributed by atoms with Crippen molar-refractivity contribution < 1.29 is 25.9 Å². The predicted molar refractivity (Wildman–Crippen MR) is 282 cm³/mol. The number of aromatic nitrogens is 3. The van der Waals surface area contributed by atoms with Crippen molar-refractivity contribution in [1.82, 2.24) is 14.5 Å². The Morgan fingerprint density at radius 1 is 0.791 bits per heavy atom. The summed E-state index contributed by atoms with van der Waals surface area (Å²) in [7, 11) is -1.57. The van der Waals surface area contributed by atoms with Crippen molar-refractivity contribution >= 4 is 66.6 Å². The van der Waals surface area contributed by atoms with Crippen molar-refractivity contribution in [1.29, 1.82) is 0 Å². The molecule has 0 saturated heterocycles. The predicted octanol–water partition coefficient (Wildman–Crippen LogP) is 16.2. The minimum absolute atomic E-state index is 0. The third-order valence-corrected chi connectivity index (χ3v) is 16.5. The Kier molecular flexibility index (Phi) is 12.5. The molecule has 0 aliphatic heterocycles. The molecule has 0 saturated carbocycles. The molecule has 1 aliphatic rings. The summed E-state index contributed by atoms with van der Waals surface area (Å²) in [5.74, 6) is -0.0514. The second-order valence-electron chi connectivity index (χ2n) is 20.0. The van der Waals surface area contributed by atoms with Gasteiger partial charge in [-0.15, -0.1) is 48.0 Å². The van der Waals surface area contributed by atoms with Crippen molar-refractivity contribution in [2.45, 2.75) is 91.3 Å². The number of imidazole rings is 1. The quantitative estimate of drug-likeness (QED) is 0.123. The fourth-order valence-corrected chi connectivity index (χ4v) is 12.6. The molecular formula is C60H56FIrN3SSi-2. The summed E-state index contributed by atoms with van der Waals surface area (Å²) in [5.41, 5.74) is 13.7. The van der Waals surface area contributed by atoms with Crippen molar-refractivity contribution in [3.05, 3.63) is 180 Å². The summed E-state index contributed by atoms with van der Waals surface area (Å²) in [6.45, 7) is 17.4. The fraction of sp³-hybridized carbons (Fsp3) is 0.233. The number of fused-ring (bicyclic) bond motifs is 8. The third kappa shape index (κ3) is 8.88. The van der Waals surface area contributed by atoms with Gasteiger partial charge in [-0.1, -0.05) is 156 Å². The van der Waals surface area contributed by atoms with Gasteiger partial charge in [0.1, 0.15) is 0 Å². The van der Waals surface area contributed by atoms with Crippen LogP contribution in [0.25, 0.3) is 81.4 Å². The first-order valence-corrected chi connectivity index (χ1v) is 27.5. The molecule has 0 N–H and O–H groups in total. The zero-order valence-electron chi connectivity index (χ0n) is 40.6. The van der Waals surface area contributed by atoms with Crippen LogP contribution in [0.15, 0.2) is 140 Å². The Bertz CT molecular complexity index is 3490. The minimum atomic E-state index is -1.57. The number of halogens is 1. The number of nitrogens with zero attached hydrogens (tertiary/aromatic N) is 3. The molecule has 1 aliphatic carbocycles. The number of pyridine rings is 1. The summed E-state index contributed by atoms with van der Waals surface area (Å²) in [6, 6.07) is 53.0. The molecule has 7 heteroatoms. The van der Waals surface area contributed by atoms with Crippen LogP contribution in [0.1, 0.15) is 77.0 Å². The van der Waals surface area contributed by atoms with Gasteiger partial charge in [-0.05, 0) is 104 Å². The van der Waals surface area contributed by atoms with Crippen LogP contribution in [-0.2, 0) is 38.4 Å². The zero-order chi connectivity index (χ0) is 46.8. The molecule has 0 atom stereocenters. The van der Waals surface area contributed by atoms with E-state index in [1.54, 1.807) is 11.6 Å². The van der Waals surface area contributed by atoms with E-state index in [0.29, 0.717) is 0 Å². The Morgan fingerprint density at radius 3 is 2.30 bits per heavy atom. The summed E-state index contributed by atoms with van der Waals surface area (Å²) in [5, 5.41) is 6.24. The van der Waals surface area contributed by atoms with Crippen molar-refractivity contribution in [3.63, 3.8) is 0 Å². The molecule has 0 bridgehead atoms. The van der Waals surface area contributed by atoms with Crippen LogP contribution in [0.2, 0.25) is 19.6 Å². The topological polar surface area (TPSA) is 30.7 Å². The SMILES string of the molecule is CC(C)(C)c1ccc(-n2c(-c3[c-]ccc4c3sc3c5c(ccc34)CCCC5)nc3c4ccccc4ccc32)c(-c2ccccc2)c1.[2H]C(C)(C)c1cc(-c2[c-]cc(F)cc2)ncc1[Si](C)(C)C.[Ir]. The normalized spacial score (nSPS) is 13.3. The molecule has 0 fully saturated rings. The molecule has 1 radical (unpaired) electrons. The maximum atomic E-state index is 13.0. The number of hydrogen-bond donors (Lipinski definition) is 0. The molecule has 339 valence electrons. The van der Waals surface area contributed by atoms with Crippen LogP contribution >= 0.6 is 11.3 Å². The van der Waals surface area contributed by atoms with Gasteiger partial charge in [0.25, 0.3) is 0 Å². The summed E-state index contributed by atoms with van der Waals surface area (Å²) < 4.78 is 26.5. The fourth-order valence-electron chi connectivity index (χ4n) is 9.64. The standard InChI is InChI=1S/C43H35N2S.C17H21FNSi.Ir/c1-43(2,3)30-22-25-37(36(26-30)27-12-5-4-6-13-27)45-38-24-21-28-14-7-9-16-31(28)39(38)44-42(45)35-19-11-18-33-34-23-20-29-15-8-10-17-32(29)40(34)46-41(33)35;1-12(2)15-10-16(13-6-8-14(18)9-7-13)19-11-17(15)20(3,4)5;/h4-7,9,11-14,16,18,20-26H,8,10,15,17H2,1-3H3;6,8-12H,1-5H3;/q2*-1;/i;12D;. The van der Waals surface area contributed by atoms with Gasteiger partial charge in [-0.2, -0.15) is 11.3 Å². The first kappa shape index (κ1) is 45.2. The van der Waals surface area contributed by atoms with Crippen molar-refractivity contribution in [2.24, 2.45) is 0 Å². The second kappa shape index (κ2) is 18.5. The Balaban J connectivity index is 0.000000222. The van der Waals surface area contributed by atoms with E-state index >= 15 is 0 Å². The van der Waals surface area contributed by atoms with E-state index in [2.05, 4.69) is 171 Å². The van der Waals surface area contributed by atoms with Crippen molar-refractivity contribution in [2.75, 3.05) is 0 Å². The van der Waals surface area contributed by atoms with Gasteiger partial charge >= 0.3 is 0 Å². The molecule has 3 heterocycles. The molecule has 3 nitrogen and oxygen atoms in total. The molecule has 0 spiro atoms. The second-order valence-corrected chi connectivity index (χ2v) is 26.1. The molecule has 7 aromatic carbocycles. The average molecular weight is 1090 g/mol. The molecule has 11 rings (SSSR count). The van der Waals surface area contributed by atoms with E-state index in [1.807, 2.05) is 37.4 Å². The van der Waals surface area contributed by atoms with Crippen LogP contribution in [0, 0.1) is 17.9 Å². The van der Waals surface area contributed by atoms with Crippen LogP contribution in [0.3, 0.4) is 0 Å². The summed E-state index contributed by atoms with van der Waals surface area (Å²) >= 11 is 1.94. The summed E-state index contributed by atoms with van der Waals surface area (Å²) in [4.78, 5) is 10.1. The van der Waals surface area contributed by atoms with E-state index in [1.165, 1.54) is 96.2 Å². The van der Waals surface area contributed by atoms with Gasteiger partial charge in [0, 0.05) is 54.8 Å². The average Bonchev–Trinajstić information content (AvgIpc) is 3.91. The van der Waals surface area contributed by atoms with Gasteiger partial charge in [0.05, 0.1) is 24.9 Å². The van der Waals surface area contributed by atoms with Crippen LogP contribution in [0.5, 0.6) is 0 Å². The molecular weight excluding hydrogens is 1030 g/mol. The van der Waals surface area contributed by atoms with Gasteiger partial charge < -0.3 is 9.55 Å². The maximum absolute atomic E-state index is 13.0. The molecule has 0 unspecified atom stereocenters. The largest absolute Gasteiger partial charge is 0.333 e. The van der Waals surface area contributed by atoms with E-state index < -0.39 is 14.0 Å². The van der Waals surface area contributed by atoms with Gasteiger partial charge in [0.15, 0.2) is 0 Å². The van der Waals surface area contributed by atoms with Crippen molar-refractivity contribution in [3.8, 4) is 39.5 Å². The van der Waals surface area contributed by atoms with Gasteiger partial charge in [0.2, 0.25) is 0 Å². The third-order valence-electron chi connectivity index (χ3n) is 13.2. The number of rotatable bonds is 6. The first-order valence-electron chi connectivity index (χ1n) is 23.7. The molecule has 10 aromatic rings. The monoisotopic (exact) mass is 1090 g/mol. The Hall–Kier alpha value is -5.56. The Morgan fingerprint density at radius 2 is 1.55 bits per heavy atom. The van der Waals surface area contributed by atoms with Gasteiger partial charge in [-0.3, -0.25) is 9.37 Å². The number of aryl methyl sites for hydroxylation is 2. The summed E-state index contributed by atoms with van der Waals surface area (Å²) in [6.07, 6.45) is 6.81. The number of thiophene rings is 1. The zero-order valence-corrected chi connectivity index (χ0v) is 43.8. The van der Waals surface area contributed by atoms with E-state index in [4.69, 9.17) is 6.35 Å². The number of hydrogen-bond acceptors (Lipinski definition) is 3. The van der Waals surface area contributed by atoms with E-state index in [0.717, 1.165) is 44.9 Å². The Labute approximate surface area is 414 Å². The van der Waals surface area contributed by atoms with Crippen LogP contribution < -0.4 is 5.19 Å².